The molecule has 1 aromatic carbocycles. The van der Waals surface area contributed by atoms with Gasteiger partial charge >= 0.3 is 0 Å². The summed E-state index contributed by atoms with van der Waals surface area (Å²) in [4.78, 5) is 15.0. The number of aromatic amines is 1. The van der Waals surface area contributed by atoms with E-state index >= 15 is 0 Å². The van der Waals surface area contributed by atoms with Crippen LogP contribution in [0.25, 0.3) is 10.9 Å². The van der Waals surface area contributed by atoms with Crippen molar-refractivity contribution in [2.75, 3.05) is 17.7 Å². The summed E-state index contributed by atoms with van der Waals surface area (Å²) in [6, 6.07) is 6.63. The Hall–Kier alpha value is -2.02. The highest BCUT2D eigenvalue weighted by Crippen LogP contribution is 2.21. The third-order valence-corrected chi connectivity index (χ3v) is 3.97. The Balaban J connectivity index is 2.18. The molecule has 1 amide bonds. The Kier molecular flexibility index (Phi) is 3.71. The molecule has 1 aromatic heterocycles. The molecule has 20 heavy (non-hydrogen) atoms. The number of carbonyl (C=O) groups is 1. The topological polar surface area (TPSA) is 105 Å². The first-order valence-corrected chi connectivity index (χ1v) is 8.18. The second-order valence-corrected chi connectivity index (χ2v) is 7.15. The molecule has 0 bridgehead atoms. The second kappa shape index (κ2) is 5.16. The standard InChI is InChI=1S/C13H17N3O3S/c1-8(7-20(2,18)19)15-13(17)11-6-9-4-3-5-10(14)12(9)16-11/h3-6,8,16H,7,14H2,1-2H3,(H,15,17). The van der Waals surface area contributed by atoms with Crippen molar-refractivity contribution in [2.24, 2.45) is 0 Å². The number of benzene rings is 1. The zero-order chi connectivity index (χ0) is 14.9. The lowest BCUT2D eigenvalue weighted by molar-refractivity contribution is 0.0939. The molecular weight excluding hydrogens is 278 g/mol. The number of amides is 1. The summed E-state index contributed by atoms with van der Waals surface area (Å²) >= 11 is 0. The Bertz CT molecular complexity index is 749. The van der Waals surface area contributed by atoms with Gasteiger partial charge in [0.05, 0.1) is 17.0 Å². The Labute approximate surface area is 117 Å². The van der Waals surface area contributed by atoms with Crippen molar-refractivity contribution in [3.63, 3.8) is 0 Å². The molecule has 108 valence electrons. The lowest BCUT2D eigenvalue weighted by Gasteiger charge is -2.11. The average molecular weight is 295 g/mol. The van der Waals surface area contributed by atoms with Gasteiger partial charge in [-0.25, -0.2) is 8.42 Å². The summed E-state index contributed by atoms with van der Waals surface area (Å²) in [6.07, 6.45) is 1.14. The molecule has 0 aliphatic heterocycles. The van der Waals surface area contributed by atoms with E-state index in [4.69, 9.17) is 5.73 Å². The predicted octanol–water partition coefficient (Wildman–Crippen LogP) is 0.913. The van der Waals surface area contributed by atoms with Crippen molar-refractivity contribution in [3.8, 4) is 0 Å². The maximum Gasteiger partial charge on any atom is 0.267 e. The number of nitrogens with one attached hydrogen (secondary N) is 2. The van der Waals surface area contributed by atoms with Gasteiger partial charge in [-0.15, -0.1) is 0 Å². The third-order valence-electron chi connectivity index (χ3n) is 2.86. The maximum atomic E-state index is 12.0. The van der Waals surface area contributed by atoms with E-state index in [0.29, 0.717) is 16.9 Å². The summed E-state index contributed by atoms with van der Waals surface area (Å²) in [5, 5.41) is 3.48. The molecular formula is C13H17N3O3S. The van der Waals surface area contributed by atoms with E-state index < -0.39 is 15.9 Å². The molecule has 7 heteroatoms. The van der Waals surface area contributed by atoms with Crippen LogP contribution >= 0.6 is 0 Å². The van der Waals surface area contributed by atoms with Crippen LogP contribution in [0.3, 0.4) is 0 Å². The third kappa shape index (κ3) is 3.30. The zero-order valence-electron chi connectivity index (χ0n) is 11.3. The molecule has 0 aliphatic carbocycles. The van der Waals surface area contributed by atoms with Crippen molar-refractivity contribution in [1.29, 1.82) is 0 Å². The summed E-state index contributed by atoms with van der Waals surface area (Å²) in [5.74, 6) is -0.446. The monoisotopic (exact) mass is 295 g/mol. The van der Waals surface area contributed by atoms with Gasteiger partial charge in [0.15, 0.2) is 0 Å². The predicted molar refractivity (Wildman–Crippen MR) is 79.4 cm³/mol. The molecule has 0 radical (unpaired) electrons. The molecule has 0 spiro atoms. The van der Waals surface area contributed by atoms with Crippen LogP contribution in [0, 0.1) is 0 Å². The van der Waals surface area contributed by atoms with Gasteiger partial charge in [-0.1, -0.05) is 12.1 Å². The number of hydrogen-bond donors (Lipinski definition) is 3. The number of hydrogen-bond acceptors (Lipinski definition) is 4. The molecule has 1 unspecified atom stereocenters. The normalized spacial score (nSPS) is 13.3. The van der Waals surface area contributed by atoms with E-state index in [0.717, 1.165) is 11.6 Å². The minimum absolute atomic E-state index is 0.0961. The van der Waals surface area contributed by atoms with Crippen molar-refractivity contribution < 1.29 is 13.2 Å². The molecule has 1 atom stereocenters. The molecule has 6 nitrogen and oxygen atoms in total. The van der Waals surface area contributed by atoms with E-state index in [2.05, 4.69) is 10.3 Å². The SMILES string of the molecule is CC(CS(C)(=O)=O)NC(=O)c1cc2cccc(N)c2[nH]1. The molecule has 0 fully saturated rings. The van der Waals surface area contributed by atoms with Crippen LogP contribution in [-0.2, 0) is 9.84 Å². The lowest BCUT2D eigenvalue weighted by Crippen LogP contribution is -2.37. The van der Waals surface area contributed by atoms with E-state index in [1.165, 1.54) is 0 Å². The number of fused-ring (bicyclic) bond motifs is 1. The number of aromatic nitrogens is 1. The van der Waals surface area contributed by atoms with Crippen molar-refractivity contribution in [3.05, 3.63) is 30.0 Å². The number of nitrogens with two attached hydrogens (primary N) is 1. The van der Waals surface area contributed by atoms with Gasteiger partial charge in [-0.2, -0.15) is 0 Å². The molecule has 1 heterocycles. The van der Waals surface area contributed by atoms with Crippen LogP contribution in [0.2, 0.25) is 0 Å². The van der Waals surface area contributed by atoms with Crippen LogP contribution in [0.15, 0.2) is 24.3 Å². The highest BCUT2D eigenvalue weighted by atomic mass is 32.2. The number of carbonyl (C=O) groups excluding carboxylic acids is 1. The van der Waals surface area contributed by atoms with Gasteiger partial charge in [-0.05, 0) is 19.1 Å². The summed E-state index contributed by atoms with van der Waals surface area (Å²) in [7, 11) is -3.13. The van der Waals surface area contributed by atoms with Gasteiger partial charge in [0.1, 0.15) is 15.5 Å². The van der Waals surface area contributed by atoms with Gasteiger partial charge in [0.25, 0.3) is 5.91 Å². The van der Waals surface area contributed by atoms with E-state index in [1.54, 1.807) is 25.1 Å². The molecule has 0 saturated carbocycles. The second-order valence-electron chi connectivity index (χ2n) is 4.96. The molecule has 2 aromatic rings. The number of sulfone groups is 1. The smallest absolute Gasteiger partial charge is 0.267 e. The minimum atomic E-state index is -3.13. The Morgan fingerprint density at radius 3 is 2.75 bits per heavy atom. The fraction of sp³-hybridized carbons (Fsp3) is 0.308. The van der Waals surface area contributed by atoms with E-state index in [-0.39, 0.29) is 11.7 Å². The number of anilines is 1. The quantitative estimate of drug-likeness (QED) is 0.729. The first-order valence-electron chi connectivity index (χ1n) is 6.12. The van der Waals surface area contributed by atoms with Crippen LogP contribution in [0.4, 0.5) is 5.69 Å². The van der Waals surface area contributed by atoms with Gasteiger partial charge in [-0.3, -0.25) is 4.79 Å². The average Bonchev–Trinajstić information content (AvgIpc) is 2.71. The van der Waals surface area contributed by atoms with E-state index in [9.17, 15) is 13.2 Å². The van der Waals surface area contributed by atoms with Crippen LogP contribution < -0.4 is 11.1 Å². The van der Waals surface area contributed by atoms with E-state index in [1.807, 2.05) is 6.07 Å². The number of H-pyrrole nitrogens is 1. The molecule has 4 N–H and O–H groups in total. The fourth-order valence-electron chi connectivity index (χ4n) is 2.10. The fourth-order valence-corrected chi connectivity index (χ4v) is 3.09. The summed E-state index contributed by atoms with van der Waals surface area (Å²) in [6.45, 7) is 1.65. The van der Waals surface area contributed by atoms with Crippen molar-refractivity contribution in [1.82, 2.24) is 10.3 Å². The Morgan fingerprint density at radius 2 is 2.15 bits per heavy atom. The largest absolute Gasteiger partial charge is 0.397 e. The highest BCUT2D eigenvalue weighted by Gasteiger charge is 2.16. The number of rotatable bonds is 4. The number of para-hydroxylation sites is 1. The minimum Gasteiger partial charge on any atom is -0.397 e. The molecule has 0 aliphatic rings. The molecule has 0 saturated heterocycles. The van der Waals surface area contributed by atoms with Crippen LogP contribution in [0.1, 0.15) is 17.4 Å². The molecule has 2 rings (SSSR count). The summed E-state index contributed by atoms with van der Waals surface area (Å²) < 4.78 is 22.3. The Morgan fingerprint density at radius 1 is 1.45 bits per heavy atom. The maximum absolute atomic E-state index is 12.0. The first kappa shape index (κ1) is 14.4. The van der Waals surface area contributed by atoms with Gasteiger partial charge in [0.2, 0.25) is 0 Å². The van der Waals surface area contributed by atoms with Gasteiger partial charge in [0, 0.05) is 17.7 Å². The summed E-state index contributed by atoms with van der Waals surface area (Å²) in [5.41, 5.74) is 7.43. The first-order chi connectivity index (χ1) is 9.26. The van der Waals surface area contributed by atoms with Crippen molar-refractivity contribution >= 4 is 32.3 Å². The van der Waals surface area contributed by atoms with Crippen LogP contribution in [-0.4, -0.2) is 37.4 Å². The zero-order valence-corrected chi connectivity index (χ0v) is 12.1. The van der Waals surface area contributed by atoms with Gasteiger partial charge < -0.3 is 16.0 Å². The van der Waals surface area contributed by atoms with Crippen LogP contribution in [0.5, 0.6) is 0 Å². The number of nitrogen functional groups attached to an aromatic ring is 1. The highest BCUT2D eigenvalue weighted by molar-refractivity contribution is 7.90. The van der Waals surface area contributed by atoms with Crippen molar-refractivity contribution in [2.45, 2.75) is 13.0 Å². The lowest BCUT2D eigenvalue weighted by atomic mass is 10.2.